The van der Waals surface area contributed by atoms with Crippen LogP contribution in [0.1, 0.15) is 33.6 Å². The summed E-state index contributed by atoms with van der Waals surface area (Å²) >= 11 is 0. The Bertz CT molecular complexity index is 255. The average Bonchev–Trinajstić information content (AvgIpc) is 2.68. The summed E-state index contributed by atoms with van der Waals surface area (Å²) in [4.78, 5) is 2.43. The van der Waals surface area contributed by atoms with Gasteiger partial charge in [0, 0.05) is 24.6 Å². The van der Waals surface area contributed by atoms with E-state index >= 15 is 0 Å². The Morgan fingerprint density at radius 1 is 1.41 bits per heavy atom. The average molecular weight is 240 g/mol. The van der Waals surface area contributed by atoms with Crippen molar-refractivity contribution in [3.05, 3.63) is 0 Å². The number of ether oxygens (including phenoxy) is 1. The second kappa shape index (κ2) is 5.25. The lowest BCUT2D eigenvalue weighted by Crippen LogP contribution is -2.61. The molecule has 1 saturated carbocycles. The summed E-state index contributed by atoms with van der Waals surface area (Å²) in [5.41, 5.74) is 0.306. The van der Waals surface area contributed by atoms with Crippen molar-refractivity contribution in [2.24, 2.45) is 11.3 Å². The van der Waals surface area contributed by atoms with Crippen LogP contribution in [-0.4, -0.2) is 50.3 Å². The van der Waals surface area contributed by atoms with Gasteiger partial charge in [-0.1, -0.05) is 13.8 Å². The van der Waals surface area contributed by atoms with E-state index in [0.29, 0.717) is 17.6 Å². The van der Waals surface area contributed by atoms with Crippen LogP contribution in [0.4, 0.5) is 0 Å². The molecule has 1 heterocycles. The van der Waals surface area contributed by atoms with Gasteiger partial charge in [0.1, 0.15) is 0 Å². The number of nitrogens with one attached hydrogen (secondary N) is 1. The molecule has 1 saturated heterocycles. The SMILES string of the molecule is CCOC1CC(NCC2CCN(C)C2)C1(C)C. The van der Waals surface area contributed by atoms with E-state index in [4.69, 9.17) is 4.74 Å². The molecule has 0 aromatic rings. The quantitative estimate of drug-likeness (QED) is 0.792. The van der Waals surface area contributed by atoms with Crippen molar-refractivity contribution in [1.82, 2.24) is 10.2 Å². The second-order valence-electron chi connectivity index (χ2n) is 6.38. The first-order chi connectivity index (χ1) is 8.04. The van der Waals surface area contributed by atoms with Crippen LogP contribution in [0.15, 0.2) is 0 Å². The van der Waals surface area contributed by atoms with Crippen LogP contribution in [0, 0.1) is 11.3 Å². The molecule has 0 aromatic carbocycles. The molecule has 1 aliphatic heterocycles. The highest BCUT2D eigenvalue weighted by atomic mass is 16.5. The standard InChI is InChI=1S/C14H28N2O/c1-5-17-13-8-12(14(13,2)3)15-9-11-6-7-16(4)10-11/h11-13,15H,5-10H2,1-4H3. The van der Waals surface area contributed by atoms with E-state index in [1.54, 1.807) is 0 Å². The molecule has 100 valence electrons. The van der Waals surface area contributed by atoms with Crippen molar-refractivity contribution in [3.8, 4) is 0 Å². The summed E-state index contributed by atoms with van der Waals surface area (Å²) in [6.45, 7) is 11.3. The van der Waals surface area contributed by atoms with Crippen molar-refractivity contribution >= 4 is 0 Å². The van der Waals surface area contributed by atoms with Gasteiger partial charge in [-0.15, -0.1) is 0 Å². The molecule has 2 fully saturated rings. The monoisotopic (exact) mass is 240 g/mol. The Morgan fingerprint density at radius 3 is 2.71 bits per heavy atom. The van der Waals surface area contributed by atoms with Gasteiger partial charge >= 0.3 is 0 Å². The summed E-state index contributed by atoms with van der Waals surface area (Å²) in [5.74, 6) is 0.849. The van der Waals surface area contributed by atoms with Crippen LogP contribution in [0.2, 0.25) is 0 Å². The predicted molar refractivity (Wildman–Crippen MR) is 71.2 cm³/mol. The van der Waals surface area contributed by atoms with E-state index in [9.17, 15) is 0 Å². The van der Waals surface area contributed by atoms with Crippen LogP contribution < -0.4 is 5.32 Å². The molecular formula is C14H28N2O. The van der Waals surface area contributed by atoms with Crippen molar-refractivity contribution in [1.29, 1.82) is 0 Å². The van der Waals surface area contributed by atoms with E-state index in [-0.39, 0.29) is 0 Å². The van der Waals surface area contributed by atoms with Gasteiger partial charge in [0.2, 0.25) is 0 Å². The fraction of sp³-hybridized carbons (Fsp3) is 1.00. The number of nitrogens with zero attached hydrogens (tertiary/aromatic N) is 1. The molecule has 0 amide bonds. The van der Waals surface area contributed by atoms with Crippen LogP contribution in [-0.2, 0) is 4.74 Å². The van der Waals surface area contributed by atoms with Crippen molar-refractivity contribution < 1.29 is 4.74 Å². The number of hydrogen-bond acceptors (Lipinski definition) is 3. The first-order valence-corrected chi connectivity index (χ1v) is 7.07. The Hall–Kier alpha value is -0.120. The van der Waals surface area contributed by atoms with Crippen molar-refractivity contribution in [3.63, 3.8) is 0 Å². The van der Waals surface area contributed by atoms with Crippen molar-refractivity contribution in [2.45, 2.75) is 45.8 Å². The van der Waals surface area contributed by atoms with Crippen LogP contribution in [0.5, 0.6) is 0 Å². The summed E-state index contributed by atoms with van der Waals surface area (Å²) in [6, 6.07) is 0.643. The highest BCUT2D eigenvalue weighted by molar-refractivity contribution is 5.03. The number of rotatable bonds is 5. The van der Waals surface area contributed by atoms with Gasteiger partial charge < -0.3 is 15.0 Å². The predicted octanol–water partition coefficient (Wildman–Crippen LogP) is 1.73. The molecule has 1 N–H and O–H groups in total. The zero-order chi connectivity index (χ0) is 12.5. The summed E-state index contributed by atoms with van der Waals surface area (Å²) in [6.07, 6.45) is 2.99. The normalized spacial score (nSPS) is 37.1. The molecule has 3 nitrogen and oxygen atoms in total. The van der Waals surface area contributed by atoms with E-state index in [0.717, 1.165) is 12.5 Å². The smallest absolute Gasteiger partial charge is 0.0655 e. The molecule has 0 spiro atoms. The van der Waals surface area contributed by atoms with Gasteiger partial charge in [-0.2, -0.15) is 0 Å². The molecule has 1 aliphatic carbocycles. The fourth-order valence-corrected chi connectivity index (χ4v) is 3.22. The zero-order valence-electron chi connectivity index (χ0n) is 11.8. The van der Waals surface area contributed by atoms with Crippen LogP contribution in [0.25, 0.3) is 0 Å². The van der Waals surface area contributed by atoms with Gasteiger partial charge in [0.25, 0.3) is 0 Å². The molecule has 2 aliphatic rings. The molecule has 0 aromatic heterocycles. The first kappa shape index (κ1) is 13.3. The largest absolute Gasteiger partial charge is 0.378 e. The van der Waals surface area contributed by atoms with Gasteiger partial charge in [-0.05, 0) is 45.8 Å². The van der Waals surface area contributed by atoms with E-state index in [1.165, 1.54) is 32.5 Å². The third-order valence-corrected chi connectivity index (χ3v) is 4.69. The molecule has 3 atom stereocenters. The van der Waals surface area contributed by atoms with Gasteiger partial charge in [0.15, 0.2) is 0 Å². The molecule has 0 radical (unpaired) electrons. The number of hydrogen-bond donors (Lipinski definition) is 1. The molecule has 17 heavy (non-hydrogen) atoms. The Kier molecular flexibility index (Phi) is 4.11. The molecule has 2 rings (SSSR count). The van der Waals surface area contributed by atoms with E-state index in [1.807, 2.05) is 0 Å². The highest BCUT2D eigenvalue weighted by Crippen LogP contribution is 2.42. The Labute approximate surface area is 106 Å². The molecule has 3 heteroatoms. The minimum atomic E-state index is 0.306. The molecule has 0 bridgehead atoms. The summed E-state index contributed by atoms with van der Waals surface area (Å²) in [5, 5.41) is 3.75. The molecule has 3 unspecified atom stereocenters. The zero-order valence-corrected chi connectivity index (χ0v) is 11.8. The van der Waals surface area contributed by atoms with E-state index in [2.05, 4.69) is 38.0 Å². The minimum absolute atomic E-state index is 0.306. The van der Waals surface area contributed by atoms with E-state index < -0.39 is 0 Å². The maximum Gasteiger partial charge on any atom is 0.0655 e. The lowest BCUT2D eigenvalue weighted by molar-refractivity contribution is -0.114. The first-order valence-electron chi connectivity index (χ1n) is 7.07. The fourth-order valence-electron chi connectivity index (χ4n) is 3.22. The summed E-state index contributed by atoms with van der Waals surface area (Å²) in [7, 11) is 2.22. The topological polar surface area (TPSA) is 24.5 Å². The van der Waals surface area contributed by atoms with Gasteiger partial charge in [-0.3, -0.25) is 0 Å². The lowest BCUT2D eigenvalue weighted by Gasteiger charge is -2.52. The van der Waals surface area contributed by atoms with Gasteiger partial charge in [-0.25, -0.2) is 0 Å². The number of likely N-dealkylation sites (tertiary alicyclic amines) is 1. The molecular weight excluding hydrogens is 212 g/mol. The third-order valence-electron chi connectivity index (χ3n) is 4.69. The third kappa shape index (κ3) is 2.83. The Morgan fingerprint density at radius 2 is 2.18 bits per heavy atom. The Balaban J connectivity index is 1.71. The maximum absolute atomic E-state index is 5.76. The second-order valence-corrected chi connectivity index (χ2v) is 6.38. The minimum Gasteiger partial charge on any atom is -0.378 e. The van der Waals surface area contributed by atoms with Crippen LogP contribution in [0.3, 0.4) is 0 Å². The lowest BCUT2D eigenvalue weighted by atomic mass is 9.64. The van der Waals surface area contributed by atoms with Crippen LogP contribution >= 0.6 is 0 Å². The van der Waals surface area contributed by atoms with Gasteiger partial charge in [0.05, 0.1) is 6.10 Å². The maximum atomic E-state index is 5.76. The van der Waals surface area contributed by atoms with Crippen molar-refractivity contribution in [2.75, 3.05) is 33.3 Å². The highest BCUT2D eigenvalue weighted by Gasteiger charge is 2.48. The summed E-state index contributed by atoms with van der Waals surface area (Å²) < 4.78 is 5.76.